The number of allylic oxidation sites excluding steroid dienone is 2. The van der Waals surface area contributed by atoms with Crippen LogP contribution in [0.1, 0.15) is 33.2 Å². The van der Waals surface area contributed by atoms with Gasteiger partial charge in [0.2, 0.25) is 5.78 Å². The van der Waals surface area contributed by atoms with Crippen LogP contribution in [-0.2, 0) is 6.42 Å². The number of benzene rings is 1. The van der Waals surface area contributed by atoms with Gasteiger partial charge in [0, 0.05) is 17.2 Å². The summed E-state index contributed by atoms with van der Waals surface area (Å²) in [6.45, 7) is 1.82. The van der Waals surface area contributed by atoms with E-state index in [-0.39, 0.29) is 21.9 Å². The van der Waals surface area contributed by atoms with E-state index < -0.39 is 11.6 Å². The molecular formula is C13H11ClO4. The van der Waals surface area contributed by atoms with Gasteiger partial charge in [0.25, 0.3) is 0 Å². The van der Waals surface area contributed by atoms with E-state index in [1.807, 2.05) is 6.92 Å². The standard InChI is InChI=1S/C13H11ClO4/c1-3-6-10(18-2)4-7-9(15)5-8(14)13(17)11(7)12(6)16/h4-5,16H,3H2,1-2H3. The van der Waals surface area contributed by atoms with Crippen molar-refractivity contribution in [2.75, 3.05) is 7.11 Å². The first-order chi connectivity index (χ1) is 8.51. The molecule has 0 radical (unpaired) electrons. The predicted octanol–water partition coefficient (Wildman–Crippen LogP) is 2.46. The maximum absolute atomic E-state index is 11.9. The summed E-state index contributed by atoms with van der Waals surface area (Å²) in [4.78, 5) is 23.7. The van der Waals surface area contributed by atoms with Gasteiger partial charge >= 0.3 is 0 Å². The van der Waals surface area contributed by atoms with Crippen LogP contribution in [-0.4, -0.2) is 23.8 Å². The molecule has 0 atom stereocenters. The highest BCUT2D eigenvalue weighted by atomic mass is 35.5. The van der Waals surface area contributed by atoms with Gasteiger partial charge in [0.05, 0.1) is 17.7 Å². The molecule has 1 aliphatic rings. The molecule has 1 N–H and O–H groups in total. The lowest BCUT2D eigenvalue weighted by Crippen LogP contribution is -2.16. The molecule has 0 unspecified atom stereocenters. The van der Waals surface area contributed by atoms with Gasteiger partial charge in [-0.1, -0.05) is 18.5 Å². The SMILES string of the molecule is CCc1c(OC)cc2c(c1O)C(=O)C(Cl)=CC2=O. The highest BCUT2D eigenvalue weighted by Crippen LogP contribution is 2.38. The highest BCUT2D eigenvalue weighted by molar-refractivity contribution is 6.49. The summed E-state index contributed by atoms with van der Waals surface area (Å²) in [5.74, 6) is -0.787. The molecule has 0 aromatic heterocycles. The first kappa shape index (κ1) is 12.6. The van der Waals surface area contributed by atoms with E-state index >= 15 is 0 Å². The molecule has 2 rings (SSSR count). The number of carbonyl (C=O) groups is 2. The lowest BCUT2D eigenvalue weighted by atomic mass is 9.90. The predicted molar refractivity (Wildman–Crippen MR) is 66.6 cm³/mol. The molecule has 0 aliphatic heterocycles. The molecule has 94 valence electrons. The van der Waals surface area contributed by atoms with Crippen molar-refractivity contribution in [1.82, 2.24) is 0 Å². The van der Waals surface area contributed by atoms with E-state index in [1.165, 1.54) is 13.2 Å². The van der Waals surface area contributed by atoms with E-state index in [0.717, 1.165) is 6.08 Å². The maximum Gasteiger partial charge on any atom is 0.208 e. The minimum atomic E-state index is -0.541. The Morgan fingerprint density at radius 2 is 2.06 bits per heavy atom. The first-order valence-electron chi connectivity index (χ1n) is 5.40. The van der Waals surface area contributed by atoms with Gasteiger partial charge in [-0.05, 0) is 12.5 Å². The number of ether oxygens (including phenoxy) is 1. The van der Waals surface area contributed by atoms with E-state index in [1.54, 1.807) is 0 Å². The number of phenolic OH excluding ortho intramolecular Hbond substituents is 1. The fraction of sp³-hybridized carbons (Fsp3) is 0.231. The molecule has 18 heavy (non-hydrogen) atoms. The Bertz CT molecular complexity index is 587. The summed E-state index contributed by atoms with van der Waals surface area (Å²) in [5.41, 5.74) is 0.574. The van der Waals surface area contributed by atoms with Crippen molar-refractivity contribution in [3.8, 4) is 11.5 Å². The van der Waals surface area contributed by atoms with Gasteiger partial charge in [-0.2, -0.15) is 0 Å². The van der Waals surface area contributed by atoms with Crippen LogP contribution in [0.4, 0.5) is 0 Å². The molecule has 0 saturated heterocycles. The van der Waals surface area contributed by atoms with Crippen LogP contribution in [0, 0.1) is 0 Å². The molecule has 1 aromatic carbocycles. The van der Waals surface area contributed by atoms with Crippen molar-refractivity contribution in [2.45, 2.75) is 13.3 Å². The minimum Gasteiger partial charge on any atom is -0.507 e. The maximum atomic E-state index is 11.9. The molecule has 0 fully saturated rings. The molecule has 1 aromatic rings. The third-order valence-electron chi connectivity index (χ3n) is 2.91. The number of carbonyl (C=O) groups excluding carboxylic acids is 2. The van der Waals surface area contributed by atoms with Crippen LogP contribution in [0.3, 0.4) is 0 Å². The summed E-state index contributed by atoms with van der Waals surface area (Å²) in [6, 6.07) is 1.47. The Hall–Kier alpha value is -1.81. The van der Waals surface area contributed by atoms with Crippen LogP contribution >= 0.6 is 11.6 Å². The van der Waals surface area contributed by atoms with Crippen molar-refractivity contribution in [2.24, 2.45) is 0 Å². The third kappa shape index (κ3) is 1.69. The monoisotopic (exact) mass is 266 g/mol. The summed E-state index contributed by atoms with van der Waals surface area (Å²) in [7, 11) is 1.44. The summed E-state index contributed by atoms with van der Waals surface area (Å²) in [5, 5.41) is 9.93. The Morgan fingerprint density at radius 1 is 1.39 bits per heavy atom. The average Bonchev–Trinajstić information content (AvgIpc) is 2.35. The van der Waals surface area contributed by atoms with E-state index in [2.05, 4.69) is 0 Å². The Kier molecular flexibility index (Phi) is 3.13. The summed E-state index contributed by atoms with van der Waals surface area (Å²) < 4.78 is 5.12. The second kappa shape index (κ2) is 4.46. The molecule has 4 nitrogen and oxygen atoms in total. The van der Waals surface area contributed by atoms with Crippen LogP contribution in [0.15, 0.2) is 17.2 Å². The summed E-state index contributed by atoms with van der Waals surface area (Å²) >= 11 is 5.68. The zero-order valence-electron chi connectivity index (χ0n) is 9.91. The fourth-order valence-corrected chi connectivity index (χ4v) is 2.20. The first-order valence-corrected chi connectivity index (χ1v) is 5.78. The number of rotatable bonds is 2. The van der Waals surface area contributed by atoms with Gasteiger partial charge < -0.3 is 9.84 Å². The van der Waals surface area contributed by atoms with E-state index in [4.69, 9.17) is 16.3 Å². The van der Waals surface area contributed by atoms with Gasteiger partial charge in [-0.15, -0.1) is 0 Å². The Labute approximate surface area is 109 Å². The lowest BCUT2D eigenvalue weighted by Gasteiger charge is -2.18. The minimum absolute atomic E-state index is 0.0369. The zero-order valence-corrected chi connectivity index (χ0v) is 10.7. The molecule has 0 spiro atoms. The summed E-state index contributed by atoms with van der Waals surface area (Å²) in [6.07, 6.45) is 1.53. The van der Waals surface area contributed by atoms with Gasteiger partial charge in [0.1, 0.15) is 11.5 Å². The fourth-order valence-electron chi connectivity index (χ4n) is 2.01. The number of ketones is 2. The number of aromatic hydroxyl groups is 1. The number of fused-ring (bicyclic) bond motifs is 1. The van der Waals surface area contributed by atoms with Gasteiger partial charge in [-0.3, -0.25) is 9.59 Å². The Morgan fingerprint density at radius 3 is 2.61 bits per heavy atom. The topological polar surface area (TPSA) is 63.6 Å². The molecular weight excluding hydrogens is 256 g/mol. The van der Waals surface area contributed by atoms with Crippen molar-refractivity contribution >= 4 is 23.2 Å². The van der Waals surface area contributed by atoms with Crippen LogP contribution in [0.5, 0.6) is 11.5 Å². The normalized spacial score (nSPS) is 14.3. The zero-order chi connectivity index (χ0) is 13.4. The average molecular weight is 267 g/mol. The van der Waals surface area contributed by atoms with Gasteiger partial charge in [0.15, 0.2) is 5.78 Å². The number of halogens is 1. The molecule has 0 bridgehead atoms. The van der Waals surface area contributed by atoms with Crippen molar-refractivity contribution in [3.05, 3.63) is 33.9 Å². The molecule has 5 heteroatoms. The van der Waals surface area contributed by atoms with Crippen LogP contribution in [0.2, 0.25) is 0 Å². The lowest BCUT2D eigenvalue weighted by molar-refractivity contribution is 0.0987. The molecule has 0 amide bonds. The van der Waals surface area contributed by atoms with Gasteiger partial charge in [-0.25, -0.2) is 0 Å². The van der Waals surface area contributed by atoms with Crippen LogP contribution in [0.25, 0.3) is 0 Å². The quantitative estimate of drug-likeness (QED) is 0.893. The number of hydrogen-bond donors (Lipinski definition) is 1. The number of phenols is 1. The molecule has 0 saturated carbocycles. The molecule has 1 aliphatic carbocycles. The molecule has 0 heterocycles. The Balaban J connectivity index is 2.80. The highest BCUT2D eigenvalue weighted by Gasteiger charge is 2.30. The second-order valence-corrected chi connectivity index (χ2v) is 4.27. The smallest absolute Gasteiger partial charge is 0.208 e. The van der Waals surface area contributed by atoms with Crippen molar-refractivity contribution in [1.29, 1.82) is 0 Å². The largest absolute Gasteiger partial charge is 0.507 e. The number of Topliss-reactive ketones (excluding diaryl/α,β-unsaturated/α-hetero) is 1. The third-order valence-corrected chi connectivity index (χ3v) is 3.19. The van der Waals surface area contributed by atoms with E-state index in [9.17, 15) is 14.7 Å². The number of hydrogen-bond acceptors (Lipinski definition) is 4. The van der Waals surface area contributed by atoms with Crippen molar-refractivity contribution in [3.63, 3.8) is 0 Å². The van der Waals surface area contributed by atoms with Crippen molar-refractivity contribution < 1.29 is 19.4 Å². The number of methoxy groups -OCH3 is 1. The second-order valence-electron chi connectivity index (χ2n) is 3.87. The van der Waals surface area contributed by atoms with E-state index in [0.29, 0.717) is 17.7 Å². The van der Waals surface area contributed by atoms with Crippen LogP contribution < -0.4 is 4.74 Å².